The molecule has 1 aliphatic rings. The first-order chi connectivity index (χ1) is 14.3. The molecule has 2 aromatic heterocycles. The number of benzene rings is 1. The van der Waals surface area contributed by atoms with E-state index in [-0.39, 0.29) is 26.6 Å². The zero-order chi connectivity index (χ0) is 21.3. The zero-order valence-electron chi connectivity index (χ0n) is 15.2. The fourth-order valence-corrected chi connectivity index (χ4v) is 5.06. The van der Waals surface area contributed by atoms with Crippen molar-refractivity contribution >= 4 is 44.6 Å². The highest BCUT2D eigenvalue weighted by Gasteiger charge is 2.25. The first kappa shape index (κ1) is 20.7. The molecule has 0 aliphatic carbocycles. The second kappa shape index (κ2) is 8.30. The van der Waals surface area contributed by atoms with Crippen molar-refractivity contribution in [3.63, 3.8) is 0 Å². The Bertz CT molecular complexity index is 1190. The lowest BCUT2D eigenvalue weighted by Gasteiger charge is -2.25. The lowest BCUT2D eigenvalue weighted by atomic mass is 10.3. The molecule has 0 saturated carbocycles. The van der Waals surface area contributed by atoms with Crippen molar-refractivity contribution in [1.29, 1.82) is 0 Å². The van der Waals surface area contributed by atoms with Crippen LogP contribution in [0.5, 0.6) is 0 Å². The van der Waals surface area contributed by atoms with Crippen molar-refractivity contribution < 1.29 is 26.9 Å². The number of hydrogen-bond donors (Lipinski definition) is 1. The Labute approximate surface area is 179 Å². The van der Waals surface area contributed by atoms with Gasteiger partial charge < -0.3 is 14.2 Å². The summed E-state index contributed by atoms with van der Waals surface area (Å²) in [4.78, 5) is 18.0. The van der Waals surface area contributed by atoms with Crippen molar-refractivity contribution in [1.82, 2.24) is 15.0 Å². The Balaban J connectivity index is 1.52. The molecule has 13 heteroatoms. The van der Waals surface area contributed by atoms with Crippen molar-refractivity contribution in [2.75, 3.05) is 31.0 Å². The van der Waals surface area contributed by atoms with Crippen LogP contribution in [0.4, 0.5) is 10.1 Å². The lowest BCUT2D eigenvalue weighted by molar-refractivity contribution is 0.0272. The highest BCUT2D eigenvalue weighted by atomic mass is 35.5. The molecule has 3 heterocycles. The Kier molecular flexibility index (Phi) is 5.73. The molecule has 0 unspecified atom stereocenters. The van der Waals surface area contributed by atoms with Crippen LogP contribution >= 0.6 is 22.9 Å². The third-order valence-electron chi connectivity index (χ3n) is 4.18. The summed E-state index contributed by atoms with van der Waals surface area (Å²) in [5.41, 5.74) is 0.119. The number of aromatic nitrogens is 2. The molecule has 1 aromatic carbocycles. The minimum absolute atomic E-state index is 0.0713. The number of carbonyl (C=O) groups is 1. The van der Waals surface area contributed by atoms with E-state index in [4.69, 9.17) is 20.9 Å². The fraction of sp³-hybridized carbons (Fsp3) is 0.235. The first-order valence-corrected chi connectivity index (χ1v) is 11.3. The summed E-state index contributed by atoms with van der Waals surface area (Å²) < 4.78 is 51.4. The number of sulfonamides is 1. The van der Waals surface area contributed by atoms with E-state index >= 15 is 0 Å². The average Bonchev–Trinajstić information content (AvgIpc) is 3.40. The van der Waals surface area contributed by atoms with Gasteiger partial charge in [-0.3, -0.25) is 9.52 Å². The third kappa shape index (κ3) is 4.31. The molecule has 30 heavy (non-hydrogen) atoms. The molecule has 1 N–H and O–H groups in total. The maximum Gasteiger partial charge on any atom is 0.316 e. The summed E-state index contributed by atoms with van der Waals surface area (Å²) in [5.74, 6) is -1.34. The summed E-state index contributed by atoms with van der Waals surface area (Å²) in [6.45, 7) is 1.70. The predicted octanol–water partition coefficient (Wildman–Crippen LogP) is 2.86. The molecule has 158 valence electrons. The third-order valence-corrected chi connectivity index (χ3v) is 7.22. The molecular formula is C17H14ClFN4O5S2. The van der Waals surface area contributed by atoms with E-state index in [1.54, 1.807) is 0 Å². The minimum Gasteiger partial charge on any atom is -0.378 e. The monoisotopic (exact) mass is 472 g/mol. The maximum atomic E-state index is 13.9. The van der Waals surface area contributed by atoms with Gasteiger partial charge in [-0.15, -0.1) is 11.3 Å². The number of nitrogens with zero attached hydrogens (tertiary/aromatic N) is 3. The molecule has 1 fully saturated rings. The summed E-state index contributed by atoms with van der Waals surface area (Å²) in [7, 11) is -4.05. The van der Waals surface area contributed by atoms with Crippen LogP contribution in [0.15, 0.2) is 38.4 Å². The fourth-order valence-electron chi connectivity index (χ4n) is 2.67. The average molecular weight is 473 g/mol. The topological polar surface area (TPSA) is 115 Å². The Morgan fingerprint density at radius 1 is 1.27 bits per heavy atom. The molecule has 1 saturated heterocycles. The van der Waals surface area contributed by atoms with Gasteiger partial charge in [0.15, 0.2) is 0 Å². The van der Waals surface area contributed by atoms with E-state index in [9.17, 15) is 17.6 Å². The van der Waals surface area contributed by atoms with E-state index < -0.39 is 21.7 Å². The maximum absolute atomic E-state index is 13.9. The van der Waals surface area contributed by atoms with Crippen LogP contribution in [-0.4, -0.2) is 55.7 Å². The quantitative estimate of drug-likeness (QED) is 0.607. The van der Waals surface area contributed by atoms with Gasteiger partial charge in [-0.2, -0.15) is 4.98 Å². The standard InChI is InChI=1S/C17H14ClFN4O5S2/c18-11-1-2-13(12(19)8-11)22-30(25,26)14-7-10(9-29-14)15-20-16(28-21-15)17(24)23-3-5-27-6-4-23/h1-2,7-9,22H,3-6H2. The van der Waals surface area contributed by atoms with Gasteiger partial charge in [-0.25, -0.2) is 12.8 Å². The summed E-state index contributed by atoms with van der Waals surface area (Å²) in [5, 5.41) is 5.40. The van der Waals surface area contributed by atoms with E-state index in [1.807, 2.05) is 0 Å². The number of thiophene rings is 1. The van der Waals surface area contributed by atoms with E-state index in [1.165, 1.54) is 28.5 Å². The number of hydrogen-bond acceptors (Lipinski definition) is 8. The molecule has 1 aliphatic heterocycles. The van der Waals surface area contributed by atoms with Crippen molar-refractivity contribution in [3.8, 4) is 11.4 Å². The SMILES string of the molecule is O=C(c1nc(-c2csc(S(=O)(=O)Nc3ccc(Cl)cc3F)c2)no1)N1CCOCC1. The van der Waals surface area contributed by atoms with Crippen LogP contribution in [0, 0.1) is 5.82 Å². The summed E-state index contributed by atoms with van der Waals surface area (Å²) in [6, 6.07) is 4.92. The van der Waals surface area contributed by atoms with Crippen LogP contribution in [0.25, 0.3) is 11.4 Å². The zero-order valence-corrected chi connectivity index (χ0v) is 17.6. The number of rotatable bonds is 5. The highest BCUT2D eigenvalue weighted by Crippen LogP contribution is 2.29. The first-order valence-electron chi connectivity index (χ1n) is 8.61. The molecular weight excluding hydrogens is 459 g/mol. The summed E-state index contributed by atoms with van der Waals surface area (Å²) >= 11 is 6.57. The molecule has 0 atom stereocenters. The normalized spacial score (nSPS) is 14.7. The molecule has 0 spiro atoms. The number of ether oxygens (including phenoxy) is 1. The molecule has 0 radical (unpaired) electrons. The number of halogens is 2. The van der Waals surface area contributed by atoms with Crippen LogP contribution in [0.2, 0.25) is 5.02 Å². The smallest absolute Gasteiger partial charge is 0.316 e. The van der Waals surface area contributed by atoms with Gasteiger partial charge in [0.25, 0.3) is 10.0 Å². The number of anilines is 1. The van der Waals surface area contributed by atoms with Crippen LogP contribution in [0.3, 0.4) is 0 Å². The number of morpholine rings is 1. The Morgan fingerprint density at radius 2 is 2.03 bits per heavy atom. The number of carbonyl (C=O) groups excluding carboxylic acids is 1. The molecule has 3 aromatic rings. The summed E-state index contributed by atoms with van der Waals surface area (Å²) in [6.07, 6.45) is 0. The number of nitrogens with one attached hydrogen (secondary N) is 1. The van der Waals surface area contributed by atoms with Crippen molar-refractivity contribution in [2.24, 2.45) is 0 Å². The van der Waals surface area contributed by atoms with E-state index in [0.29, 0.717) is 31.9 Å². The largest absolute Gasteiger partial charge is 0.378 e. The van der Waals surface area contributed by atoms with Crippen LogP contribution < -0.4 is 4.72 Å². The second-order valence-corrected chi connectivity index (χ2v) is 9.47. The second-order valence-electron chi connectivity index (χ2n) is 6.21. The lowest BCUT2D eigenvalue weighted by Crippen LogP contribution is -2.40. The molecule has 4 rings (SSSR count). The van der Waals surface area contributed by atoms with Crippen LogP contribution in [0.1, 0.15) is 10.7 Å². The number of amides is 1. The van der Waals surface area contributed by atoms with Gasteiger partial charge in [-0.1, -0.05) is 16.8 Å². The predicted molar refractivity (Wildman–Crippen MR) is 107 cm³/mol. The van der Waals surface area contributed by atoms with Crippen molar-refractivity contribution in [2.45, 2.75) is 4.21 Å². The van der Waals surface area contributed by atoms with E-state index in [0.717, 1.165) is 17.4 Å². The molecule has 1 amide bonds. The van der Waals surface area contributed by atoms with Gasteiger partial charge in [0, 0.05) is 29.1 Å². The molecule has 0 bridgehead atoms. The Morgan fingerprint density at radius 3 is 2.77 bits per heavy atom. The molecule has 9 nitrogen and oxygen atoms in total. The van der Waals surface area contributed by atoms with Crippen LogP contribution in [-0.2, 0) is 14.8 Å². The van der Waals surface area contributed by atoms with Gasteiger partial charge in [0.05, 0.1) is 18.9 Å². The van der Waals surface area contributed by atoms with Gasteiger partial charge >= 0.3 is 11.8 Å². The highest BCUT2D eigenvalue weighted by molar-refractivity contribution is 7.94. The van der Waals surface area contributed by atoms with Gasteiger partial charge in [-0.05, 0) is 24.3 Å². The van der Waals surface area contributed by atoms with Crippen molar-refractivity contribution in [3.05, 3.63) is 46.4 Å². The van der Waals surface area contributed by atoms with Gasteiger partial charge in [0.1, 0.15) is 10.0 Å². The van der Waals surface area contributed by atoms with E-state index in [2.05, 4.69) is 14.9 Å². The van der Waals surface area contributed by atoms with Gasteiger partial charge in [0.2, 0.25) is 5.82 Å². The minimum atomic E-state index is -4.05. The Hall–Kier alpha value is -2.54.